The fraction of sp³-hybridized carbons (Fsp3) is 0.0357. The van der Waals surface area contributed by atoms with Crippen molar-refractivity contribution in [1.82, 2.24) is 24.9 Å². The quantitative estimate of drug-likeness (QED) is 0.308. The lowest BCUT2D eigenvalue weighted by molar-refractivity contribution is 0.415. The van der Waals surface area contributed by atoms with E-state index >= 15 is 0 Å². The van der Waals surface area contributed by atoms with E-state index < -0.39 is 0 Å². The molecule has 0 atom stereocenters. The number of benzene rings is 2. The van der Waals surface area contributed by atoms with Crippen LogP contribution in [0.25, 0.3) is 45.3 Å². The molecule has 0 radical (unpaired) electrons. The molecule has 8 heteroatoms. The van der Waals surface area contributed by atoms with E-state index in [-0.39, 0.29) is 0 Å². The van der Waals surface area contributed by atoms with Crippen molar-refractivity contribution in [2.75, 3.05) is 12.4 Å². The maximum atomic E-state index is 5.98. The zero-order chi connectivity index (χ0) is 24.3. The highest BCUT2D eigenvalue weighted by Crippen LogP contribution is 2.30. The lowest BCUT2D eigenvalue weighted by atomic mass is 10.2. The molecular formula is C28H20N6O2. The van der Waals surface area contributed by atoms with Crippen LogP contribution < -0.4 is 10.1 Å². The van der Waals surface area contributed by atoms with E-state index in [0.717, 1.165) is 33.8 Å². The predicted molar refractivity (Wildman–Crippen MR) is 138 cm³/mol. The van der Waals surface area contributed by atoms with E-state index in [4.69, 9.17) is 19.1 Å². The molecule has 0 saturated heterocycles. The Bertz CT molecular complexity index is 1590. The van der Waals surface area contributed by atoms with Crippen LogP contribution in [-0.4, -0.2) is 32.0 Å². The molecule has 0 saturated carbocycles. The molecule has 0 bridgehead atoms. The number of pyridine rings is 2. The number of anilines is 2. The maximum absolute atomic E-state index is 5.98. The van der Waals surface area contributed by atoms with Crippen LogP contribution in [0.15, 0.2) is 102 Å². The topological polar surface area (TPSA) is 98.8 Å². The first kappa shape index (κ1) is 21.4. The third-order valence-corrected chi connectivity index (χ3v) is 5.55. The Morgan fingerprint density at radius 3 is 2.56 bits per heavy atom. The molecule has 0 aliphatic heterocycles. The molecule has 0 spiro atoms. The molecule has 6 aromatic rings. The van der Waals surface area contributed by atoms with Crippen LogP contribution in [0.1, 0.15) is 0 Å². The summed E-state index contributed by atoms with van der Waals surface area (Å²) in [5, 5.41) is 3.38. The number of aromatic nitrogens is 5. The van der Waals surface area contributed by atoms with Gasteiger partial charge >= 0.3 is 0 Å². The lowest BCUT2D eigenvalue weighted by Gasteiger charge is -2.10. The van der Waals surface area contributed by atoms with Gasteiger partial charge in [-0.25, -0.2) is 15.0 Å². The monoisotopic (exact) mass is 472 g/mol. The summed E-state index contributed by atoms with van der Waals surface area (Å²) in [4.78, 5) is 22.8. The highest BCUT2D eigenvalue weighted by atomic mass is 16.5. The van der Waals surface area contributed by atoms with Crippen molar-refractivity contribution in [2.45, 2.75) is 0 Å². The molecule has 36 heavy (non-hydrogen) atoms. The molecule has 0 fully saturated rings. The molecule has 174 valence electrons. The molecule has 0 aliphatic rings. The molecule has 0 amide bonds. The summed E-state index contributed by atoms with van der Waals surface area (Å²) < 4.78 is 11.3. The highest BCUT2D eigenvalue weighted by Gasteiger charge is 2.13. The van der Waals surface area contributed by atoms with Crippen LogP contribution in [0.2, 0.25) is 0 Å². The molecule has 2 aromatic carbocycles. The van der Waals surface area contributed by atoms with Gasteiger partial charge in [0.15, 0.2) is 11.4 Å². The van der Waals surface area contributed by atoms with Gasteiger partial charge in [0.1, 0.15) is 22.8 Å². The van der Waals surface area contributed by atoms with E-state index in [1.54, 1.807) is 25.7 Å². The standard InChI is InChI=1S/C28H20N6O2/c1-35-21-8-4-6-18(14-21)28-33-24-15-20(10-11-25(24)36-28)31-26-16-23(19-7-5-12-29-17-19)32-27(34-26)22-9-2-3-13-30-22/h2-17H,1H3,(H,31,32,34). The number of hydrogen-bond donors (Lipinski definition) is 1. The summed E-state index contributed by atoms with van der Waals surface area (Å²) in [6.45, 7) is 0. The molecule has 1 N–H and O–H groups in total. The number of rotatable bonds is 6. The first-order valence-electron chi connectivity index (χ1n) is 11.3. The van der Waals surface area contributed by atoms with Gasteiger partial charge in [0.05, 0.1) is 12.8 Å². The third-order valence-electron chi connectivity index (χ3n) is 5.55. The van der Waals surface area contributed by atoms with Gasteiger partial charge < -0.3 is 14.5 Å². The van der Waals surface area contributed by atoms with E-state index in [0.29, 0.717) is 28.8 Å². The van der Waals surface area contributed by atoms with E-state index in [9.17, 15) is 0 Å². The Balaban J connectivity index is 1.36. The molecule has 4 heterocycles. The second-order valence-electron chi connectivity index (χ2n) is 7.98. The largest absolute Gasteiger partial charge is 0.497 e. The maximum Gasteiger partial charge on any atom is 0.227 e. The first-order valence-corrected chi connectivity index (χ1v) is 11.3. The summed E-state index contributed by atoms with van der Waals surface area (Å²) in [7, 11) is 1.63. The summed E-state index contributed by atoms with van der Waals surface area (Å²) in [6, 6.07) is 24.7. The van der Waals surface area contributed by atoms with E-state index in [1.807, 2.05) is 78.9 Å². The molecule has 0 unspecified atom stereocenters. The molecule has 6 rings (SSSR count). The van der Waals surface area contributed by atoms with E-state index in [2.05, 4.69) is 20.3 Å². The van der Waals surface area contributed by atoms with Crippen molar-refractivity contribution < 1.29 is 9.15 Å². The van der Waals surface area contributed by atoms with Gasteiger partial charge in [0, 0.05) is 41.5 Å². The summed E-state index contributed by atoms with van der Waals surface area (Å²) in [5.41, 5.74) is 5.38. The van der Waals surface area contributed by atoms with E-state index in [1.165, 1.54) is 0 Å². The van der Waals surface area contributed by atoms with Gasteiger partial charge in [-0.05, 0) is 60.7 Å². The van der Waals surface area contributed by atoms with Crippen molar-refractivity contribution in [2.24, 2.45) is 0 Å². The van der Waals surface area contributed by atoms with Gasteiger partial charge in [0.2, 0.25) is 5.89 Å². The van der Waals surface area contributed by atoms with Gasteiger partial charge in [-0.2, -0.15) is 0 Å². The average molecular weight is 473 g/mol. The van der Waals surface area contributed by atoms with Crippen molar-refractivity contribution >= 4 is 22.6 Å². The third kappa shape index (κ3) is 4.35. The van der Waals surface area contributed by atoms with Crippen molar-refractivity contribution in [1.29, 1.82) is 0 Å². The van der Waals surface area contributed by atoms with Crippen LogP contribution in [-0.2, 0) is 0 Å². The smallest absolute Gasteiger partial charge is 0.227 e. The van der Waals surface area contributed by atoms with Gasteiger partial charge in [-0.15, -0.1) is 0 Å². The highest BCUT2D eigenvalue weighted by molar-refractivity contribution is 5.81. The van der Waals surface area contributed by atoms with Gasteiger partial charge in [-0.1, -0.05) is 12.1 Å². The number of hydrogen-bond acceptors (Lipinski definition) is 8. The fourth-order valence-corrected chi connectivity index (χ4v) is 3.82. The van der Waals surface area contributed by atoms with Crippen LogP contribution >= 0.6 is 0 Å². The Labute approximate surface area is 206 Å². The fourth-order valence-electron chi connectivity index (χ4n) is 3.82. The van der Waals surface area contributed by atoms with Crippen molar-refractivity contribution in [3.05, 3.63) is 97.5 Å². The molecule has 4 aromatic heterocycles. The van der Waals surface area contributed by atoms with Crippen LogP contribution in [0.4, 0.5) is 11.5 Å². The summed E-state index contributed by atoms with van der Waals surface area (Å²) in [6.07, 6.45) is 5.23. The number of nitrogens with zero attached hydrogens (tertiary/aromatic N) is 5. The minimum absolute atomic E-state index is 0.516. The van der Waals surface area contributed by atoms with Crippen LogP contribution in [0.5, 0.6) is 5.75 Å². The summed E-state index contributed by atoms with van der Waals surface area (Å²) in [5.74, 6) is 2.41. The Morgan fingerprint density at radius 2 is 1.72 bits per heavy atom. The zero-order valence-electron chi connectivity index (χ0n) is 19.3. The number of ether oxygens (including phenoxy) is 1. The minimum atomic E-state index is 0.516. The number of fused-ring (bicyclic) bond motifs is 1. The normalized spacial score (nSPS) is 10.9. The van der Waals surface area contributed by atoms with Crippen LogP contribution in [0, 0.1) is 0 Å². The second kappa shape index (κ2) is 9.27. The second-order valence-corrected chi connectivity index (χ2v) is 7.98. The lowest BCUT2D eigenvalue weighted by Crippen LogP contribution is -2.00. The van der Waals surface area contributed by atoms with Crippen LogP contribution in [0.3, 0.4) is 0 Å². The van der Waals surface area contributed by atoms with Gasteiger partial charge in [0.25, 0.3) is 0 Å². The molecule has 0 aliphatic carbocycles. The molecular weight excluding hydrogens is 452 g/mol. The minimum Gasteiger partial charge on any atom is -0.497 e. The number of nitrogens with one attached hydrogen (secondary N) is 1. The Hall–Kier alpha value is -5.11. The van der Waals surface area contributed by atoms with Crippen molar-refractivity contribution in [3.8, 4) is 40.0 Å². The first-order chi connectivity index (χ1) is 17.7. The molecule has 8 nitrogen and oxygen atoms in total. The SMILES string of the molecule is COc1cccc(-c2nc3cc(Nc4cc(-c5cccnc5)nc(-c5ccccn5)n4)ccc3o2)c1. The zero-order valence-corrected chi connectivity index (χ0v) is 19.3. The van der Waals surface area contributed by atoms with Crippen molar-refractivity contribution in [3.63, 3.8) is 0 Å². The van der Waals surface area contributed by atoms with Gasteiger partial charge in [-0.3, -0.25) is 9.97 Å². The predicted octanol–water partition coefficient (Wildman–Crippen LogP) is 6.16. The summed E-state index contributed by atoms with van der Waals surface area (Å²) >= 11 is 0. The number of methoxy groups -OCH3 is 1. The average Bonchev–Trinajstić information content (AvgIpc) is 3.37. The number of oxazole rings is 1. The Morgan fingerprint density at radius 1 is 0.778 bits per heavy atom. The Kier molecular flexibility index (Phi) is 5.51.